The maximum absolute atomic E-state index is 12.6. The lowest BCUT2D eigenvalue weighted by atomic mass is 9.99. The van der Waals surface area contributed by atoms with Gasteiger partial charge in [0.15, 0.2) is 0 Å². The van der Waals surface area contributed by atoms with Gasteiger partial charge >= 0.3 is 12.0 Å². The van der Waals surface area contributed by atoms with E-state index in [2.05, 4.69) is 5.32 Å². The molecule has 0 aromatic rings. The predicted molar refractivity (Wildman–Crippen MR) is 75.7 cm³/mol. The molecule has 0 bridgehead atoms. The van der Waals surface area contributed by atoms with Gasteiger partial charge in [0.05, 0.1) is 5.92 Å². The fourth-order valence-corrected chi connectivity index (χ4v) is 3.23. The molecule has 2 aliphatic rings. The van der Waals surface area contributed by atoms with Gasteiger partial charge in [0.2, 0.25) is 5.91 Å². The van der Waals surface area contributed by atoms with Crippen molar-refractivity contribution in [3.05, 3.63) is 0 Å². The Hall–Kier alpha value is -1.79. The summed E-state index contributed by atoms with van der Waals surface area (Å²) in [4.78, 5) is 38.9. The van der Waals surface area contributed by atoms with Crippen LogP contribution in [0.25, 0.3) is 0 Å². The van der Waals surface area contributed by atoms with E-state index >= 15 is 0 Å². The zero-order valence-electron chi connectivity index (χ0n) is 12.5. The first kappa shape index (κ1) is 15.6. The number of carboxylic acid groups (broad SMARTS) is 1. The molecular weight excluding hydrogens is 274 g/mol. The second kappa shape index (κ2) is 6.32. The standard InChI is InChI=1S/C14H23N3O4/c1-9-7-16(8-10(9)13(19)20)14(21)17-6-4-3-5-11(17)12(18)15-2/h9-11H,3-8H2,1-2H3,(H,15,18)(H,19,20). The van der Waals surface area contributed by atoms with Crippen LogP contribution in [0.15, 0.2) is 0 Å². The first-order chi connectivity index (χ1) is 9.95. The molecule has 2 saturated heterocycles. The second-order valence-corrected chi connectivity index (χ2v) is 5.93. The van der Waals surface area contributed by atoms with Crippen LogP contribution in [-0.4, -0.2) is 65.5 Å². The fourth-order valence-electron chi connectivity index (χ4n) is 3.23. The largest absolute Gasteiger partial charge is 0.481 e. The molecule has 21 heavy (non-hydrogen) atoms. The second-order valence-electron chi connectivity index (χ2n) is 5.93. The van der Waals surface area contributed by atoms with Crippen LogP contribution in [0.4, 0.5) is 4.79 Å². The van der Waals surface area contributed by atoms with Crippen molar-refractivity contribution in [2.24, 2.45) is 11.8 Å². The molecule has 3 amide bonds. The zero-order valence-corrected chi connectivity index (χ0v) is 12.5. The van der Waals surface area contributed by atoms with Gasteiger partial charge in [0.1, 0.15) is 6.04 Å². The normalized spacial score (nSPS) is 29.3. The molecule has 0 aromatic heterocycles. The molecule has 118 valence electrons. The highest BCUT2D eigenvalue weighted by atomic mass is 16.4. The third-order valence-electron chi connectivity index (χ3n) is 4.50. The predicted octanol–water partition coefficient (Wildman–Crippen LogP) is 0.359. The van der Waals surface area contributed by atoms with Gasteiger partial charge in [-0.25, -0.2) is 4.79 Å². The summed E-state index contributed by atoms with van der Waals surface area (Å²) < 4.78 is 0. The maximum Gasteiger partial charge on any atom is 0.320 e. The Bertz CT molecular complexity index is 440. The van der Waals surface area contributed by atoms with E-state index in [9.17, 15) is 14.4 Å². The summed E-state index contributed by atoms with van der Waals surface area (Å²) in [6, 6.07) is -0.644. The van der Waals surface area contributed by atoms with Crippen LogP contribution in [0.3, 0.4) is 0 Å². The Labute approximate surface area is 124 Å². The van der Waals surface area contributed by atoms with E-state index < -0.39 is 17.9 Å². The minimum atomic E-state index is -0.862. The van der Waals surface area contributed by atoms with Gasteiger partial charge in [-0.15, -0.1) is 0 Å². The van der Waals surface area contributed by atoms with Gasteiger partial charge in [-0.05, 0) is 25.2 Å². The van der Waals surface area contributed by atoms with Crippen molar-refractivity contribution in [2.75, 3.05) is 26.7 Å². The third kappa shape index (κ3) is 3.11. The molecule has 2 N–H and O–H groups in total. The lowest BCUT2D eigenvalue weighted by molar-refractivity contribution is -0.142. The number of nitrogens with one attached hydrogen (secondary N) is 1. The highest BCUT2D eigenvalue weighted by Gasteiger charge is 2.41. The summed E-state index contributed by atoms with van der Waals surface area (Å²) in [5, 5.41) is 11.8. The lowest BCUT2D eigenvalue weighted by Gasteiger charge is -2.37. The Balaban J connectivity index is 2.08. The van der Waals surface area contributed by atoms with Crippen molar-refractivity contribution in [3.8, 4) is 0 Å². The average molecular weight is 297 g/mol. The van der Waals surface area contributed by atoms with Crippen LogP contribution in [0.5, 0.6) is 0 Å². The third-order valence-corrected chi connectivity index (χ3v) is 4.50. The zero-order chi connectivity index (χ0) is 15.6. The molecular formula is C14H23N3O4. The number of hydrogen-bond acceptors (Lipinski definition) is 3. The van der Waals surface area contributed by atoms with Gasteiger partial charge in [0.25, 0.3) is 0 Å². The van der Waals surface area contributed by atoms with Crippen LogP contribution < -0.4 is 5.32 Å². The van der Waals surface area contributed by atoms with Gasteiger partial charge in [0, 0.05) is 26.7 Å². The van der Waals surface area contributed by atoms with Gasteiger partial charge in [-0.2, -0.15) is 0 Å². The summed E-state index contributed by atoms with van der Waals surface area (Å²) in [5.74, 6) is -1.59. The Kier molecular flexibility index (Phi) is 4.69. The number of urea groups is 1. The Morgan fingerprint density at radius 3 is 2.48 bits per heavy atom. The van der Waals surface area contributed by atoms with E-state index in [4.69, 9.17) is 5.11 Å². The van der Waals surface area contributed by atoms with E-state index in [0.29, 0.717) is 19.5 Å². The molecule has 0 spiro atoms. The number of aliphatic carboxylic acids is 1. The number of carbonyl (C=O) groups is 3. The number of likely N-dealkylation sites (N-methyl/N-ethyl adjacent to an activating group) is 1. The van der Waals surface area contributed by atoms with Gasteiger partial charge in [-0.3, -0.25) is 9.59 Å². The summed E-state index contributed by atoms with van der Waals surface area (Å²) >= 11 is 0. The van der Waals surface area contributed by atoms with E-state index in [1.54, 1.807) is 16.8 Å². The van der Waals surface area contributed by atoms with Crippen molar-refractivity contribution in [1.29, 1.82) is 0 Å². The topological polar surface area (TPSA) is 90.0 Å². The maximum atomic E-state index is 12.6. The van der Waals surface area contributed by atoms with Crippen LogP contribution in [0.2, 0.25) is 0 Å². The number of piperidine rings is 1. The lowest BCUT2D eigenvalue weighted by Crippen LogP contribution is -2.55. The molecule has 3 atom stereocenters. The molecule has 0 aliphatic carbocycles. The van der Waals surface area contributed by atoms with Gasteiger partial charge < -0.3 is 20.2 Å². The molecule has 3 unspecified atom stereocenters. The van der Waals surface area contributed by atoms with E-state index in [-0.39, 0.29) is 24.4 Å². The monoisotopic (exact) mass is 297 g/mol. The molecule has 2 heterocycles. The van der Waals surface area contributed by atoms with Crippen LogP contribution >= 0.6 is 0 Å². The van der Waals surface area contributed by atoms with Crippen LogP contribution in [0, 0.1) is 11.8 Å². The molecule has 0 saturated carbocycles. The van der Waals surface area contributed by atoms with Crippen LogP contribution in [0.1, 0.15) is 26.2 Å². The van der Waals surface area contributed by atoms with E-state index in [0.717, 1.165) is 12.8 Å². The Morgan fingerprint density at radius 2 is 1.90 bits per heavy atom. The molecule has 2 aliphatic heterocycles. The number of rotatable bonds is 2. The average Bonchev–Trinajstić information content (AvgIpc) is 2.88. The molecule has 7 heteroatoms. The number of carboxylic acids is 1. The SMILES string of the molecule is CNC(=O)C1CCCCN1C(=O)N1CC(C)C(C(=O)O)C1. The molecule has 2 fully saturated rings. The number of likely N-dealkylation sites (tertiary alicyclic amines) is 2. The van der Waals surface area contributed by atoms with E-state index in [1.807, 2.05) is 6.92 Å². The number of carbonyl (C=O) groups excluding carboxylic acids is 2. The van der Waals surface area contributed by atoms with E-state index in [1.165, 1.54) is 0 Å². The quantitative estimate of drug-likeness (QED) is 0.770. The number of hydrogen-bond donors (Lipinski definition) is 2. The minimum absolute atomic E-state index is 0.0605. The Morgan fingerprint density at radius 1 is 1.19 bits per heavy atom. The smallest absolute Gasteiger partial charge is 0.320 e. The summed E-state index contributed by atoms with van der Waals surface area (Å²) in [6.45, 7) is 3.07. The molecule has 0 radical (unpaired) electrons. The first-order valence-corrected chi connectivity index (χ1v) is 7.45. The van der Waals surface area contributed by atoms with Crippen molar-refractivity contribution in [3.63, 3.8) is 0 Å². The molecule has 7 nitrogen and oxygen atoms in total. The van der Waals surface area contributed by atoms with Crippen molar-refractivity contribution < 1.29 is 19.5 Å². The highest BCUT2D eigenvalue weighted by molar-refractivity contribution is 5.87. The summed E-state index contributed by atoms with van der Waals surface area (Å²) in [7, 11) is 1.57. The highest BCUT2D eigenvalue weighted by Crippen LogP contribution is 2.26. The van der Waals surface area contributed by atoms with Gasteiger partial charge in [-0.1, -0.05) is 6.92 Å². The van der Waals surface area contributed by atoms with Crippen LogP contribution in [-0.2, 0) is 9.59 Å². The number of nitrogens with zero attached hydrogens (tertiary/aromatic N) is 2. The molecule has 2 rings (SSSR count). The van der Waals surface area contributed by atoms with Crippen molar-refractivity contribution >= 4 is 17.9 Å². The minimum Gasteiger partial charge on any atom is -0.481 e. The summed E-state index contributed by atoms with van der Waals surface area (Å²) in [5.41, 5.74) is 0. The number of amides is 3. The molecule has 0 aromatic carbocycles. The first-order valence-electron chi connectivity index (χ1n) is 7.45. The fraction of sp³-hybridized carbons (Fsp3) is 0.786. The van der Waals surface area contributed by atoms with Crippen molar-refractivity contribution in [2.45, 2.75) is 32.2 Å². The van der Waals surface area contributed by atoms with Crippen molar-refractivity contribution in [1.82, 2.24) is 15.1 Å². The summed E-state index contributed by atoms with van der Waals surface area (Å²) in [6.07, 6.45) is 2.47.